The van der Waals surface area contributed by atoms with Crippen LogP contribution in [0.5, 0.6) is 5.75 Å². The average Bonchev–Trinajstić information content (AvgIpc) is 2.31. The minimum absolute atomic E-state index is 0. The molecular formula is C14H21ClO3. The van der Waals surface area contributed by atoms with Crippen molar-refractivity contribution in [2.45, 2.75) is 33.1 Å². The first-order valence-electron chi connectivity index (χ1n) is 6.08. The Balaban J connectivity index is 0.00000289. The van der Waals surface area contributed by atoms with Crippen LogP contribution in [0.4, 0.5) is 0 Å². The largest absolute Gasteiger partial charge is 0.494 e. The normalized spacial score (nSPS) is 11.4. The van der Waals surface area contributed by atoms with Crippen molar-refractivity contribution >= 4 is 18.4 Å². The van der Waals surface area contributed by atoms with Crippen LogP contribution in [-0.4, -0.2) is 17.7 Å². The minimum Gasteiger partial charge on any atom is -0.494 e. The molecule has 1 aromatic rings. The van der Waals surface area contributed by atoms with Gasteiger partial charge in [0.1, 0.15) is 5.75 Å². The highest BCUT2D eigenvalue weighted by atomic mass is 35.5. The Hall–Kier alpha value is -1.22. The summed E-state index contributed by atoms with van der Waals surface area (Å²) in [7, 11) is 0. The zero-order valence-electron chi connectivity index (χ0n) is 10.9. The smallest absolute Gasteiger partial charge is 0.306 e. The van der Waals surface area contributed by atoms with E-state index in [1.54, 1.807) is 6.92 Å². The summed E-state index contributed by atoms with van der Waals surface area (Å²) in [5.41, 5.74) is 1.03. The molecule has 1 aromatic carbocycles. The first-order chi connectivity index (χ1) is 8.13. The molecule has 0 heterocycles. The molecule has 1 atom stereocenters. The maximum Gasteiger partial charge on any atom is 0.306 e. The molecular weight excluding hydrogens is 252 g/mol. The van der Waals surface area contributed by atoms with Gasteiger partial charge >= 0.3 is 5.97 Å². The highest BCUT2D eigenvalue weighted by Crippen LogP contribution is 2.15. The van der Waals surface area contributed by atoms with Crippen LogP contribution in [0.2, 0.25) is 0 Å². The predicted molar refractivity (Wildman–Crippen MR) is 74.6 cm³/mol. The number of aliphatic carboxylic acids is 1. The van der Waals surface area contributed by atoms with Crippen molar-refractivity contribution in [3.05, 3.63) is 29.8 Å². The third kappa shape index (κ3) is 5.92. The van der Waals surface area contributed by atoms with E-state index in [2.05, 4.69) is 6.92 Å². The summed E-state index contributed by atoms with van der Waals surface area (Å²) in [6.07, 6.45) is 2.73. The lowest BCUT2D eigenvalue weighted by Crippen LogP contribution is -2.12. The number of hydrogen-bond donors (Lipinski definition) is 1. The van der Waals surface area contributed by atoms with Crippen molar-refractivity contribution in [2.24, 2.45) is 5.92 Å². The molecule has 0 bridgehead atoms. The van der Waals surface area contributed by atoms with E-state index in [-0.39, 0.29) is 18.3 Å². The molecule has 0 aromatic heterocycles. The number of carboxylic acid groups (broad SMARTS) is 1. The van der Waals surface area contributed by atoms with E-state index in [0.717, 1.165) is 30.8 Å². The van der Waals surface area contributed by atoms with Gasteiger partial charge in [-0.05, 0) is 30.5 Å². The highest BCUT2D eigenvalue weighted by molar-refractivity contribution is 5.85. The fourth-order valence-electron chi connectivity index (χ4n) is 1.50. The number of unbranched alkanes of at least 4 members (excludes halogenated alkanes) is 1. The second-order valence-corrected chi connectivity index (χ2v) is 4.29. The third-order valence-electron chi connectivity index (χ3n) is 2.65. The van der Waals surface area contributed by atoms with Gasteiger partial charge in [-0.3, -0.25) is 4.79 Å². The van der Waals surface area contributed by atoms with Gasteiger partial charge in [-0.1, -0.05) is 32.4 Å². The summed E-state index contributed by atoms with van der Waals surface area (Å²) >= 11 is 0. The van der Waals surface area contributed by atoms with Gasteiger partial charge in [0, 0.05) is 0 Å². The second kappa shape index (κ2) is 8.81. The van der Waals surface area contributed by atoms with Crippen LogP contribution < -0.4 is 4.74 Å². The van der Waals surface area contributed by atoms with Crippen molar-refractivity contribution in [2.75, 3.05) is 6.61 Å². The third-order valence-corrected chi connectivity index (χ3v) is 2.65. The van der Waals surface area contributed by atoms with E-state index in [9.17, 15) is 4.79 Å². The van der Waals surface area contributed by atoms with Gasteiger partial charge in [-0.25, -0.2) is 0 Å². The monoisotopic (exact) mass is 272 g/mol. The average molecular weight is 273 g/mol. The van der Waals surface area contributed by atoms with Crippen LogP contribution in [0.3, 0.4) is 0 Å². The summed E-state index contributed by atoms with van der Waals surface area (Å²) in [5.74, 6) is -0.250. The molecule has 102 valence electrons. The number of halogens is 1. The molecule has 1 N–H and O–H groups in total. The molecule has 0 spiro atoms. The van der Waals surface area contributed by atoms with E-state index in [1.807, 2.05) is 24.3 Å². The van der Waals surface area contributed by atoms with E-state index in [4.69, 9.17) is 9.84 Å². The molecule has 3 nitrogen and oxygen atoms in total. The van der Waals surface area contributed by atoms with Gasteiger partial charge in [0.25, 0.3) is 0 Å². The Morgan fingerprint density at radius 1 is 1.33 bits per heavy atom. The van der Waals surface area contributed by atoms with Crippen molar-refractivity contribution in [1.29, 1.82) is 0 Å². The van der Waals surface area contributed by atoms with Gasteiger partial charge in [-0.15, -0.1) is 12.4 Å². The summed E-state index contributed by atoms with van der Waals surface area (Å²) < 4.78 is 5.54. The van der Waals surface area contributed by atoms with Crippen LogP contribution in [0.25, 0.3) is 0 Å². The van der Waals surface area contributed by atoms with Gasteiger partial charge < -0.3 is 9.84 Å². The molecule has 1 rings (SSSR count). The number of carbonyl (C=O) groups is 1. The minimum atomic E-state index is -0.756. The fraction of sp³-hybridized carbons (Fsp3) is 0.500. The number of hydrogen-bond acceptors (Lipinski definition) is 2. The van der Waals surface area contributed by atoms with Gasteiger partial charge in [-0.2, -0.15) is 0 Å². The Kier molecular flexibility index (Phi) is 8.21. The Morgan fingerprint density at radius 3 is 2.44 bits per heavy atom. The maximum atomic E-state index is 10.7. The van der Waals surface area contributed by atoms with Crippen LogP contribution in [0.15, 0.2) is 24.3 Å². The summed E-state index contributed by atoms with van der Waals surface area (Å²) in [6, 6.07) is 7.67. The first kappa shape index (κ1) is 16.8. The maximum absolute atomic E-state index is 10.7. The van der Waals surface area contributed by atoms with Crippen molar-refractivity contribution < 1.29 is 14.6 Å². The molecule has 0 aliphatic rings. The topological polar surface area (TPSA) is 46.5 Å². The number of rotatable bonds is 7. The summed E-state index contributed by atoms with van der Waals surface area (Å²) in [6.45, 7) is 4.58. The molecule has 4 heteroatoms. The molecule has 18 heavy (non-hydrogen) atoms. The fourth-order valence-corrected chi connectivity index (χ4v) is 1.50. The molecule has 0 fully saturated rings. The highest BCUT2D eigenvalue weighted by Gasteiger charge is 2.11. The zero-order valence-corrected chi connectivity index (χ0v) is 11.7. The zero-order chi connectivity index (χ0) is 12.7. The van der Waals surface area contributed by atoms with Gasteiger partial charge in [0.05, 0.1) is 12.5 Å². The summed E-state index contributed by atoms with van der Waals surface area (Å²) in [4.78, 5) is 10.7. The van der Waals surface area contributed by atoms with Crippen molar-refractivity contribution in [3.8, 4) is 5.75 Å². The molecule has 0 saturated heterocycles. The Morgan fingerprint density at radius 2 is 1.94 bits per heavy atom. The lowest BCUT2D eigenvalue weighted by atomic mass is 10.0. The second-order valence-electron chi connectivity index (χ2n) is 4.29. The molecule has 0 aliphatic heterocycles. The number of carboxylic acids is 1. The molecule has 1 unspecified atom stereocenters. The first-order valence-corrected chi connectivity index (χ1v) is 6.08. The van der Waals surface area contributed by atoms with Crippen LogP contribution in [0.1, 0.15) is 32.3 Å². The molecule has 0 amide bonds. The molecule has 0 radical (unpaired) electrons. The van der Waals surface area contributed by atoms with E-state index in [0.29, 0.717) is 6.42 Å². The lowest BCUT2D eigenvalue weighted by molar-refractivity contribution is -0.141. The number of ether oxygens (including phenoxy) is 1. The Bertz CT molecular complexity index is 349. The van der Waals surface area contributed by atoms with Crippen LogP contribution in [0, 0.1) is 5.92 Å². The SMILES string of the molecule is CCCCOc1ccc(CC(C)C(=O)O)cc1.Cl. The van der Waals surface area contributed by atoms with E-state index in [1.165, 1.54) is 0 Å². The van der Waals surface area contributed by atoms with Crippen LogP contribution >= 0.6 is 12.4 Å². The van der Waals surface area contributed by atoms with Gasteiger partial charge in [0.15, 0.2) is 0 Å². The molecule has 0 aliphatic carbocycles. The quantitative estimate of drug-likeness (QED) is 0.772. The number of benzene rings is 1. The van der Waals surface area contributed by atoms with Gasteiger partial charge in [0.2, 0.25) is 0 Å². The van der Waals surface area contributed by atoms with Crippen molar-refractivity contribution in [3.63, 3.8) is 0 Å². The standard InChI is InChI=1S/C14H20O3.ClH/c1-3-4-9-17-13-7-5-12(6-8-13)10-11(2)14(15)16;/h5-8,11H,3-4,9-10H2,1-2H3,(H,15,16);1H. The lowest BCUT2D eigenvalue weighted by Gasteiger charge is -2.08. The molecule has 0 saturated carbocycles. The van der Waals surface area contributed by atoms with Crippen molar-refractivity contribution in [1.82, 2.24) is 0 Å². The Labute approximate surface area is 115 Å². The van der Waals surface area contributed by atoms with E-state index < -0.39 is 5.97 Å². The van der Waals surface area contributed by atoms with E-state index >= 15 is 0 Å². The summed E-state index contributed by atoms with van der Waals surface area (Å²) in [5, 5.41) is 8.82. The van der Waals surface area contributed by atoms with Crippen LogP contribution in [-0.2, 0) is 11.2 Å². The predicted octanol–water partition coefficient (Wildman–Crippen LogP) is 3.55.